The summed E-state index contributed by atoms with van der Waals surface area (Å²) in [5, 5.41) is 3.36. The van der Waals surface area contributed by atoms with Crippen LogP contribution in [0.2, 0.25) is 0 Å². The number of aromatic nitrogens is 1. The van der Waals surface area contributed by atoms with E-state index in [1.54, 1.807) is 24.2 Å². The van der Waals surface area contributed by atoms with Crippen molar-refractivity contribution in [3.8, 4) is 5.75 Å². The molecular formula is C29H34N6O3. The highest BCUT2D eigenvalue weighted by Gasteiger charge is 2.28. The van der Waals surface area contributed by atoms with Gasteiger partial charge in [0, 0.05) is 51.9 Å². The molecule has 9 nitrogen and oxygen atoms in total. The topological polar surface area (TPSA) is 81.2 Å². The Balaban J connectivity index is 1.42. The van der Waals surface area contributed by atoms with Crippen molar-refractivity contribution in [1.82, 2.24) is 14.8 Å². The average molecular weight is 515 g/mol. The summed E-state index contributed by atoms with van der Waals surface area (Å²) in [6.45, 7) is 8.77. The number of para-hydroxylation sites is 1. The van der Waals surface area contributed by atoms with Crippen molar-refractivity contribution in [1.29, 1.82) is 0 Å². The molecule has 2 aliphatic heterocycles. The second kappa shape index (κ2) is 10.7. The number of fused-ring (bicyclic) bond motifs is 2. The van der Waals surface area contributed by atoms with Crippen LogP contribution < -0.4 is 19.9 Å². The number of nitrogens with one attached hydrogen (secondary N) is 1. The summed E-state index contributed by atoms with van der Waals surface area (Å²) in [6.07, 6.45) is 1.70. The molecule has 2 amide bonds. The number of pyridine rings is 1. The van der Waals surface area contributed by atoms with Crippen LogP contribution in [0.15, 0.2) is 54.7 Å². The van der Waals surface area contributed by atoms with Crippen molar-refractivity contribution in [3.63, 3.8) is 0 Å². The Morgan fingerprint density at radius 2 is 1.71 bits per heavy atom. The molecule has 0 spiro atoms. The Bertz CT molecular complexity index is 1350. The summed E-state index contributed by atoms with van der Waals surface area (Å²) < 4.78 is 5.92. The molecule has 0 unspecified atom stereocenters. The minimum absolute atomic E-state index is 0.0180. The highest BCUT2D eigenvalue weighted by atomic mass is 16.5. The lowest BCUT2D eigenvalue weighted by molar-refractivity contribution is 0.0643. The SMILES string of the molecule is CCOc1cc(C(=O)N2CCN(CC)CC2)ccc1Nc1cc2c(cn1)N(C)C(=O)c1ccccc1N2C. The monoisotopic (exact) mass is 514 g/mol. The molecule has 0 bridgehead atoms. The number of hydrogen-bond donors (Lipinski definition) is 1. The Kier molecular flexibility index (Phi) is 7.20. The summed E-state index contributed by atoms with van der Waals surface area (Å²) in [5.74, 6) is 1.13. The van der Waals surface area contributed by atoms with Gasteiger partial charge < -0.3 is 29.7 Å². The van der Waals surface area contributed by atoms with Crippen molar-refractivity contribution >= 4 is 40.4 Å². The van der Waals surface area contributed by atoms with Crippen molar-refractivity contribution in [3.05, 3.63) is 65.9 Å². The Hall–Kier alpha value is -4.11. The van der Waals surface area contributed by atoms with Crippen LogP contribution in [-0.2, 0) is 0 Å². The van der Waals surface area contributed by atoms with Gasteiger partial charge in [0.1, 0.15) is 11.6 Å². The van der Waals surface area contributed by atoms with E-state index in [0.29, 0.717) is 40.7 Å². The molecule has 1 aromatic heterocycles. The normalized spacial score (nSPS) is 15.6. The molecule has 2 aromatic carbocycles. The van der Waals surface area contributed by atoms with Gasteiger partial charge in [-0.25, -0.2) is 4.98 Å². The number of nitrogens with zero attached hydrogens (tertiary/aromatic N) is 5. The number of carbonyl (C=O) groups is 2. The van der Waals surface area contributed by atoms with Gasteiger partial charge in [0.15, 0.2) is 0 Å². The number of likely N-dealkylation sites (N-methyl/N-ethyl adjacent to an activating group) is 1. The van der Waals surface area contributed by atoms with Crippen molar-refractivity contribution in [2.75, 3.05) is 68.5 Å². The number of hydrogen-bond acceptors (Lipinski definition) is 7. The van der Waals surface area contributed by atoms with Crippen LogP contribution in [0.1, 0.15) is 34.6 Å². The molecule has 3 heterocycles. The predicted molar refractivity (Wildman–Crippen MR) is 150 cm³/mol. The predicted octanol–water partition coefficient (Wildman–Crippen LogP) is 4.36. The molecule has 0 aliphatic carbocycles. The lowest BCUT2D eigenvalue weighted by Crippen LogP contribution is -2.48. The van der Waals surface area contributed by atoms with E-state index < -0.39 is 0 Å². The first kappa shape index (κ1) is 25.5. The standard InChI is InChI=1S/C29H34N6O3/c1-5-34-13-15-35(16-14-34)28(36)20-11-12-22(26(17-20)38-6-2)31-27-18-24-25(19-30-27)33(4)29(37)21-9-7-8-10-23(21)32(24)3/h7-12,17-19H,5-6,13-16H2,1-4H3,(H,30,31). The zero-order chi connectivity index (χ0) is 26.8. The largest absolute Gasteiger partial charge is 0.492 e. The van der Waals surface area contributed by atoms with Crippen LogP contribution in [-0.4, -0.2) is 80.0 Å². The molecule has 198 valence electrons. The quantitative estimate of drug-likeness (QED) is 0.524. The molecule has 2 aliphatic rings. The number of benzene rings is 2. The molecule has 1 fully saturated rings. The molecule has 9 heteroatoms. The van der Waals surface area contributed by atoms with E-state index in [-0.39, 0.29) is 11.8 Å². The van der Waals surface area contributed by atoms with E-state index in [9.17, 15) is 9.59 Å². The zero-order valence-electron chi connectivity index (χ0n) is 22.4. The minimum atomic E-state index is -0.0799. The van der Waals surface area contributed by atoms with E-state index in [1.165, 1.54) is 0 Å². The number of anilines is 5. The molecule has 5 rings (SSSR count). The molecule has 0 saturated carbocycles. The maximum Gasteiger partial charge on any atom is 0.260 e. The van der Waals surface area contributed by atoms with Crippen LogP contribution in [0.5, 0.6) is 5.75 Å². The second-order valence-electron chi connectivity index (χ2n) is 9.49. The van der Waals surface area contributed by atoms with Gasteiger partial charge in [-0.05, 0) is 43.8 Å². The zero-order valence-corrected chi connectivity index (χ0v) is 22.4. The summed E-state index contributed by atoms with van der Waals surface area (Å²) in [7, 11) is 3.71. The second-order valence-corrected chi connectivity index (χ2v) is 9.49. The van der Waals surface area contributed by atoms with Crippen LogP contribution in [0.25, 0.3) is 0 Å². The van der Waals surface area contributed by atoms with Gasteiger partial charge in [-0.3, -0.25) is 9.59 Å². The smallest absolute Gasteiger partial charge is 0.260 e. The maximum atomic E-state index is 13.2. The summed E-state index contributed by atoms with van der Waals surface area (Å²) in [5.41, 5.74) is 4.35. The summed E-state index contributed by atoms with van der Waals surface area (Å²) in [4.78, 5) is 38.7. The molecule has 0 radical (unpaired) electrons. The fourth-order valence-corrected chi connectivity index (χ4v) is 5.02. The van der Waals surface area contributed by atoms with E-state index in [2.05, 4.69) is 22.1 Å². The lowest BCUT2D eigenvalue weighted by atomic mass is 10.1. The molecule has 1 saturated heterocycles. The first-order chi connectivity index (χ1) is 18.4. The number of rotatable bonds is 6. The molecular weight excluding hydrogens is 480 g/mol. The highest BCUT2D eigenvalue weighted by Crippen LogP contribution is 2.40. The van der Waals surface area contributed by atoms with Crippen LogP contribution in [0.4, 0.5) is 28.6 Å². The van der Waals surface area contributed by atoms with Gasteiger partial charge in [0.05, 0.1) is 41.1 Å². The van der Waals surface area contributed by atoms with Crippen LogP contribution in [0, 0.1) is 0 Å². The van der Waals surface area contributed by atoms with Gasteiger partial charge in [-0.15, -0.1) is 0 Å². The number of ether oxygens (including phenoxy) is 1. The fraction of sp³-hybridized carbons (Fsp3) is 0.345. The molecule has 3 aromatic rings. The van der Waals surface area contributed by atoms with Gasteiger partial charge in [-0.1, -0.05) is 19.1 Å². The average Bonchev–Trinajstić information content (AvgIpc) is 3.03. The molecule has 0 atom stereocenters. The van der Waals surface area contributed by atoms with Crippen molar-refractivity contribution in [2.24, 2.45) is 0 Å². The summed E-state index contributed by atoms with van der Waals surface area (Å²) >= 11 is 0. The lowest BCUT2D eigenvalue weighted by Gasteiger charge is -2.34. The third kappa shape index (κ3) is 4.77. The highest BCUT2D eigenvalue weighted by molar-refractivity contribution is 6.13. The first-order valence-corrected chi connectivity index (χ1v) is 13.1. The third-order valence-corrected chi connectivity index (χ3v) is 7.28. The van der Waals surface area contributed by atoms with Crippen LogP contribution >= 0.6 is 0 Å². The van der Waals surface area contributed by atoms with E-state index >= 15 is 0 Å². The Morgan fingerprint density at radius 3 is 2.45 bits per heavy atom. The van der Waals surface area contributed by atoms with Crippen LogP contribution in [0.3, 0.4) is 0 Å². The van der Waals surface area contributed by atoms with Crippen molar-refractivity contribution < 1.29 is 14.3 Å². The van der Waals surface area contributed by atoms with Gasteiger partial charge in [0.2, 0.25) is 0 Å². The van der Waals surface area contributed by atoms with Crippen molar-refractivity contribution in [2.45, 2.75) is 13.8 Å². The Labute approximate surface area is 223 Å². The molecule has 1 N–H and O–H groups in total. The fourth-order valence-electron chi connectivity index (χ4n) is 5.02. The third-order valence-electron chi connectivity index (χ3n) is 7.28. The minimum Gasteiger partial charge on any atom is -0.492 e. The number of carbonyl (C=O) groups excluding carboxylic acids is 2. The van der Waals surface area contributed by atoms with Gasteiger partial charge in [0.25, 0.3) is 11.8 Å². The first-order valence-electron chi connectivity index (χ1n) is 13.1. The molecule has 38 heavy (non-hydrogen) atoms. The summed E-state index contributed by atoms with van der Waals surface area (Å²) in [6, 6.07) is 15.0. The van der Waals surface area contributed by atoms with Gasteiger partial charge in [-0.2, -0.15) is 0 Å². The van der Waals surface area contributed by atoms with E-state index in [4.69, 9.17) is 4.74 Å². The van der Waals surface area contributed by atoms with Gasteiger partial charge >= 0.3 is 0 Å². The van der Waals surface area contributed by atoms with E-state index in [0.717, 1.165) is 44.1 Å². The van der Waals surface area contributed by atoms with E-state index in [1.807, 2.05) is 66.2 Å². The Morgan fingerprint density at radius 1 is 0.947 bits per heavy atom. The maximum absolute atomic E-state index is 13.2. The number of amides is 2. The number of piperazine rings is 1.